The van der Waals surface area contributed by atoms with E-state index in [1.165, 1.54) is 6.07 Å². The molecule has 1 N–H and O–H groups in total. The maximum atomic E-state index is 13.2. The molecule has 96 valence electrons. The minimum atomic E-state index is -0.838. The summed E-state index contributed by atoms with van der Waals surface area (Å²) in [6.07, 6.45) is 0. The molecule has 0 fully saturated rings. The fraction of sp³-hybridized carbons (Fsp3) is 0.538. The van der Waals surface area contributed by atoms with Crippen molar-refractivity contribution in [1.82, 2.24) is 5.32 Å². The van der Waals surface area contributed by atoms with Crippen LogP contribution in [0.25, 0.3) is 0 Å². The fourth-order valence-corrected chi connectivity index (χ4v) is 2.06. The number of nitrogens with one attached hydrogen (secondary N) is 1. The molecule has 0 amide bonds. The van der Waals surface area contributed by atoms with Gasteiger partial charge < -0.3 is 10.1 Å². The molecule has 17 heavy (non-hydrogen) atoms. The van der Waals surface area contributed by atoms with E-state index in [0.29, 0.717) is 12.2 Å². The highest BCUT2D eigenvalue weighted by molar-refractivity contribution is 5.23. The molecule has 0 aliphatic heterocycles. The van der Waals surface area contributed by atoms with E-state index in [2.05, 4.69) is 5.32 Å². The van der Waals surface area contributed by atoms with Gasteiger partial charge >= 0.3 is 0 Å². The van der Waals surface area contributed by atoms with Gasteiger partial charge in [-0.05, 0) is 45.5 Å². The summed E-state index contributed by atoms with van der Waals surface area (Å²) in [5.74, 6) is -1.67. The lowest BCUT2D eigenvalue weighted by molar-refractivity contribution is -0.0375. The smallest absolute Gasteiger partial charge is 0.159 e. The van der Waals surface area contributed by atoms with E-state index in [-0.39, 0.29) is 6.04 Å². The lowest BCUT2D eigenvalue weighted by Gasteiger charge is -2.34. The van der Waals surface area contributed by atoms with E-state index in [9.17, 15) is 8.78 Å². The molecular formula is C13H19F2NO. The Bertz CT molecular complexity index is 380. The summed E-state index contributed by atoms with van der Waals surface area (Å²) in [6.45, 7) is 6.30. The van der Waals surface area contributed by atoms with Crippen molar-refractivity contribution < 1.29 is 13.5 Å². The molecule has 0 aliphatic rings. The molecule has 4 heteroatoms. The Morgan fingerprint density at radius 3 is 2.41 bits per heavy atom. The number of rotatable bonds is 5. The van der Waals surface area contributed by atoms with Gasteiger partial charge in [-0.2, -0.15) is 0 Å². The molecule has 0 saturated heterocycles. The highest BCUT2D eigenvalue weighted by Gasteiger charge is 2.30. The Morgan fingerprint density at radius 2 is 1.94 bits per heavy atom. The van der Waals surface area contributed by atoms with Crippen LogP contribution in [0.2, 0.25) is 0 Å². The van der Waals surface area contributed by atoms with Crippen molar-refractivity contribution in [2.24, 2.45) is 0 Å². The first kappa shape index (κ1) is 14.1. The van der Waals surface area contributed by atoms with Gasteiger partial charge in [0, 0.05) is 6.61 Å². The SMILES string of the molecule is CCOC(C)(C)C(NC)c1ccc(F)c(F)c1. The molecular weight excluding hydrogens is 224 g/mol. The Morgan fingerprint density at radius 1 is 1.29 bits per heavy atom. The highest BCUT2D eigenvalue weighted by atomic mass is 19.2. The monoisotopic (exact) mass is 243 g/mol. The van der Waals surface area contributed by atoms with Crippen LogP contribution >= 0.6 is 0 Å². The summed E-state index contributed by atoms with van der Waals surface area (Å²) in [4.78, 5) is 0. The molecule has 0 heterocycles. The largest absolute Gasteiger partial charge is 0.374 e. The van der Waals surface area contributed by atoms with Gasteiger partial charge in [-0.25, -0.2) is 8.78 Å². The Labute approximate surface area is 101 Å². The molecule has 1 unspecified atom stereocenters. The Kier molecular flexibility index (Phi) is 4.60. The zero-order valence-corrected chi connectivity index (χ0v) is 10.7. The van der Waals surface area contributed by atoms with Crippen LogP contribution < -0.4 is 5.32 Å². The standard InChI is InChI=1S/C13H19F2NO/c1-5-17-13(2,3)12(16-4)9-6-7-10(14)11(15)8-9/h6-8,12,16H,5H2,1-4H3. The third kappa shape index (κ3) is 3.23. The molecule has 1 aromatic carbocycles. The first-order valence-corrected chi connectivity index (χ1v) is 5.68. The minimum Gasteiger partial charge on any atom is -0.374 e. The molecule has 1 atom stereocenters. The number of likely N-dealkylation sites (N-methyl/N-ethyl adjacent to an activating group) is 1. The van der Waals surface area contributed by atoms with Gasteiger partial charge in [0.15, 0.2) is 11.6 Å². The predicted octanol–water partition coefficient (Wildman–Crippen LogP) is 3.04. The Balaban J connectivity index is 3.05. The third-order valence-corrected chi connectivity index (χ3v) is 2.78. The molecule has 0 radical (unpaired) electrons. The number of benzene rings is 1. The van der Waals surface area contributed by atoms with Gasteiger partial charge in [-0.15, -0.1) is 0 Å². The van der Waals surface area contributed by atoms with Gasteiger partial charge in [0.1, 0.15) is 0 Å². The molecule has 0 saturated carbocycles. The van der Waals surface area contributed by atoms with Crippen LogP contribution in [0.4, 0.5) is 8.78 Å². The molecule has 0 aromatic heterocycles. The van der Waals surface area contributed by atoms with Gasteiger partial charge in [0.2, 0.25) is 0 Å². The van der Waals surface area contributed by atoms with E-state index in [4.69, 9.17) is 4.74 Å². The molecule has 0 aliphatic carbocycles. The summed E-state index contributed by atoms with van der Waals surface area (Å²) in [5, 5.41) is 3.08. The average molecular weight is 243 g/mol. The van der Waals surface area contributed by atoms with Gasteiger partial charge in [0.25, 0.3) is 0 Å². The fourth-order valence-electron chi connectivity index (χ4n) is 2.06. The van der Waals surface area contributed by atoms with Crippen molar-refractivity contribution in [1.29, 1.82) is 0 Å². The number of halogens is 2. The van der Waals surface area contributed by atoms with Gasteiger partial charge in [-0.3, -0.25) is 0 Å². The zero-order chi connectivity index (χ0) is 13.1. The van der Waals surface area contributed by atoms with Crippen molar-refractivity contribution in [2.75, 3.05) is 13.7 Å². The van der Waals surface area contributed by atoms with Crippen LogP contribution in [0, 0.1) is 11.6 Å². The first-order chi connectivity index (χ1) is 7.92. The summed E-state index contributed by atoms with van der Waals surface area (Å²) in [5.41, 5.74) is 0.179. The van der Waals surface area contributed by atoms with E-state index in [0.717, 1.165) is 6.07 Å². The Hall–Kier alpha value is -1.00. The minimum absolute atomic E-state index is 0.197. The van der Waals surface area contributed by atoms with Crippen molar-refractivity contribution in [3.8, 4) is 0 Å². The first-order valence-electron chi connectivity index (χ1n) is 5.68. The molecule has 1 rings (SSSR count). The molecule has 0 bridgehead atoms. The van der Waals surface area contributed by atoms with Crippen molar-refractivity contribution in [2.45, 2.75) is 32.4 Å². The van der Waals surface area contributed by atoms with Crippen LogP contribution in [0.1, 0.15) is 32.4 Å². The second-order valence-corrected chi connectivity index (χ2v) is 4.43. The summed E-state index contributed by atoms with van der Waals surface area (Å²) in [7, 11) is 1.77. The zero-order valence-electron chi connectivity index (χ0n) is 10.7. The van der Waals surface area contributed by atoms with Gasteiger partial charge in [0.05, 0.1) is 11.6 Å². The average Bonchev–Trinajstić information content (AvgIpc) is 2.23. The summed E-state index contributed by atoms with van der Waals surface area (Å²) in [6, 6.07) is 3.71. The van der Waals surface area contributed by atoms with Crippen molar-refractivity contribution >= 4 is 0 Å². The van der Waals surface area contributed by atoms with Crippen LogP contribution in [-0.2, 0) is 4.74 Å². The van der Waals surface area contributed by atoms with Crippen LogP contribution in [0.3, 0.4) is 0 Å². The molecule has 1 aromatic rings. The van der Waals surface area contributed by atoms with Gasteiger partial charge in [-0.1, -0.05) is 6.07 Å². The maximum Gasteiger partial charge on any atom is 0.159 e. The number of hydrogen-bond donors (Lipinski definition) is 1. The quantitative estimate of drug-likeness (QED) is 0.858. The van der Waals surface area contributed by atoms with E-state index < -0.39 is 17.2 Å². The van der Waals surface area contributed by atoms with Crippen LogP contribution in [0.15, 0.2) is 18.2 Å². The van der Waals surface area contributed by atoms with Crippen molar-refractivity contribution in [3.05, 3.63) is 35.4 Å². The normalized spacial score (nSPS) is 13.8. The van der Waals surface area contributed by atoms with Crippen LogP contribution in [-0.4, -0.2) is 19.3 Å². The van der Waals surface area contributed by atoms with Crippen LogP contribution in [0.5, 0.6) is 0 Å². The van der Waals surface area contributed by atoms with E-state index >= 15 is 0 Å². The van der Waals surface area contributed by atoms with Crippen molar-refractivity contribution in [3.63, 3.8) is 0 Å². The third-order valence-electron chi connectivity index (χ3n) is 2.78. The molecule has 0 spiro atoms. The second kappa shape index (κ2) is 5.56. The highest BCUT2D eigenvalue weighted by Crippen LogP contribution is 2.29. The predicted molar refractivity (Wildman–Crippen MR) is 63.9 cm³/mol. The molecule has 2 nitrogen and oxygen atoms in total. The van der Waals surface area contributed by atoms with E-state index in [1.54, 1.807) is 13.1 Å². The lowest BCUT2D eigenvalue weighted by Crippen LogP contribution is -2.40. The topological polar surface area (TPSA) is 21.3 Å². The second-order valence-electron chi connectivity index (χ2n) is 4.43. The number of hydrogen-bond acceptors (Lipinski definition) is 2. The summed E-state index contributed by atoms with van der Waals surface area (Å²) < 4.78 is 31.7. The lowest BCUT2D eigenvalue weighted by atomic mass is 9.91. The number of ether oxygens (including phenoxy) is 1. The maximum absolute atomic E-state index is 13.2. The van der Waals surface area contributed by atoms with E-state index in [1.807, 2.05) is 20.8 Å². The summed E-state index contributed by atoms with van der Waals surface area (Å²) >= 11 is 0.